The number of benzene rings is 1. The third-order valence-corrected chi connectivity index (χ3v) is 3.49. The fraction of sp³-hybridized carbons (Fsp3) is 0.500. The van der Waals surface area contributed by atoms with E-state index < -0.39 is 11.6 Å². The van der Waals surface area contributed by atoms with Gasteiger partial charge < -0.3 is 15.3 Å². The second-order valence-electron chi connectivity index (χ2n) is 4.42. The summed E-state index contributed by atoms with van der Waals surface area (Å²) >= 11 is 0. The maximum Gasteiger partial charge on any atom is 0.340 e. The van der Waals surface area contributed by atoms with Gasteiger partial charge in [-0.25, -0.2) is 4.79 Å². The van der Waals surface area contributed by atoms with Crippen LogP contribution in [0.3, 0.4) is 0 Å². The van der Waals surface area contributed by atoms with E-state index in [1.165, 1.54) is 0 Å². The molecule has 0 spiro atoms. The molecule has 0 radical (unpaired) electrons. The lowest BCUT2D eigenvalue weighted by atomic mass is 9.80. The zero-order chi connectivity index (χ0) is 13.6. The number of carboxylic acid groups (broad SMARTS) is 1. The van der Waals surface area contributed by atoms with Gasteiger partial charge in [0.15, 0.2) is 5.60 Å². The number of rotatable bonds is 3. The molecule has 1 aliphatic rings. The van der Waals surface area contributed by atoms with E-state index in [9.17, 15) is 15.0 Å². The molecule has 0 amide bonds. The summed E-state index contributed by atoms with van der Waals surface area (Å²) in [5.41, 5.74) is -1.22. The molecule has 0 saturated heterocycles. The van der Waals surface area contributed by atoms with Gasteiger partial charge in [-0.1, -0.05) is 43.2 Å². The molecule has 0 heterocycles. The molecule has 0 aliphatic heterocycles. The van der Waals surface area contributed by atoms with Crippen molar-refractivity contribution < 1.29 is 20.1 Å². The number of carbonyl (C=O) groups is 1. The van der Waals surface area contributed by atoms with Gasteiger partial charge in [0.1, 0.15) is 0 Å². The molecule has 1 unspecified atom stereocenters. The van der Waals surface area contributed by atoms with Gasteiger partial charge in [0.05, 0.1) is 0 Å². The Hall–Kier alpha value is -1.39. The number of hydrogen-bond donors (Lipinski definition) is 3. The number of aliphatic hydroxyl groups is 2. The largest absolute Gasteiger partial charge is 0.479 e. The van der Waals surface area contributed by atoms with Crippen LogP contribution in [-0.2, 0) is 10.4 Å². The van der Waals surface area contributed by atoms with Gasteiger partial charge in [0.2, 0.25) is 0 Å². The van der Waals surface area contributed by atoms with Gasteiger partial charge in [-0.2, -0.15) is 0 Å². The highest BCUT2D eigenvalue weighted by Gasteiger charge is 2.46. The Kier molecular flexibility index (Phi) is 5.31. The monoisotopic (exact) mass is 252 g/mol. The van der Waals surface area contributed by atoms with E-state index in [2.05, 4.69) is 0 Å². The van der Waals surface area contributed by atoms with E-state index in [0.29, 0.717) is 5.56 Å². The average Bonchev–Trinajstić information content (AvgIpc) is 2.95. The molecule has 1 aromatic rings. The molecule has 1 saturated carbocycles. The molecule has 2 rings (SSSR count). The first-order valence-corrected chi connectivity index (χ1v) is 6.11. The molecule has 1 fully saturated rings. The molecule has 0 aromatic heterocycles. The second-order valence-corrected chi connectivity index (χ2v) is 4.42. The molecular formula is C14H20O4. The van der Waals surface area contributed by atoms with Crippen LogP contribution in [0.2, 0.25) is 0 Å². The lowest BCUT2D eigenvalue weighted by molar-refractivity contribution is -0.166. The van der Waals surface area contributed by atoms with E-state index in [-0.39, 0.29) is 5.92 Å². The summed E-state index contributed by atoms with van der Waals surface area (Å²) in [6.45, 7) is 0. The molecule has 3 N–H and O–H groups in total. The molecule has 1 atom stereocenters. The first-order valence-electron chi connectivity index (χ1n) is 6.11. The van der Waals surface area contributed by atoms with Gasteiger partial charge >= 0.3 is 5.97 Å². The predicted molar refractivity (Wildman–Crippen MR) is 68.1 cm³/mol. The van der Waals surface area contributed by atoms with Gasteiger partial charge in [0, 0.05) is 13.0 Å². The number of aliphatic carboxylic acids is 1. The van der Waals surface area contributed by atoms with Crippen LogP contribution in [0.5, 0.6) is 0 Å². The van der Waals surface area contributed by atoms with Crippen molar-refractivity contribution in [3.8, 4) is 0 Å². The van der Waals surface area contributed by atoms with Crippen molar-refractivity contribution in [3.05, 3.63) is 35.9 Å². The lowest BCUT2D eigenvalue weighted by Crippen LogP contribution is -2.42. The average molecular weight is 252 g/mol. The molecule has 4 heteroatoms. The van der Waals surface area contributed by atoms with Crippen LogP contribution in [0.25, 0.3) is 0 Å². The van der Waals surface area contributed by atoms with E-state index in [0.717, 1.165) is 32.8 Å². The van der Waals surface area contributed by atoms with Crippen LogP contribution >= 0.6 is 0 Å². The Bertz CT molecular complexity index is 371. The zero-order valence-corrected chi connectivity index (χ0v) is 10.5. The fourth-order valence-electron chi connectivity index (χ4n) is 2.57. The van der Waals surface area contributed by atoms with Gasteiger partial charge in [-0.15, -0.1) is 0 Å². The highest BCUT2D eigenvalue weighted by atomic mass is 16.4. The summed E-state index contributed by atoms with van der Waals surface area (Å²) in [5, 5.41) is 26.8. The maximum absolute atomic E-state index is 11.4. The van der Waals surface area contributed by atoms with E-state index in [4.69, 9.17) is 5.11 Å². The van der Waals surface area contributed by atoms with Gasteiger partial charge in [0.25, 0.3) is 0 Å². The third kappa shape index (κ3) is 2.71. The quantitative estimate of drug-likeness (QED) is 0.766. The van der Waals surface area contributed by atoms with Crippen molar-refractivity contribution in [2.45, 2.75) is 31.3 Å². The summed E-state index contributed by atoms with van der Waals surface area (Å²) < 4.78 is 0. The predicted octanol–water partition coefficient (Wildman–Crippen LogP) is 1.76. The minimum atomic E-state index is -1.71. The van der Waals surface area contributed by atoms with Crippen LogP contribution in [0.15, 0.2) is 30.3 Å². The van der Waals surface area contributed by atoms with Crippen molar-refractivity contribution in [2.24, 2.45) is 5.92 Å². The summed E-state index contributed by atoms with van der Waals surface area (Å²) in [7, 11) is 1.00. The Balaban J connectivity index is 0.000000771. The van der Waals surface area contributed by atoms with Crippen LogP contribution in [-0.4, -0.2) is 28.4 Å². The van der Waals surface area contributed by atoms with E-state index in [1.807, 2.05) is 6.07 Å². The normalized spacial score (nSPS) is 18.6. The summed E-state index contributed by atoms with van der Waals surface area (Å²) in [6.07, 6.45) is 3.59. The fourth-order valence-corrected chi connectivity index (χ4v) is 2.57. The zero-order valence-electron chi connectivity index (χ0n) is 10.5. The van der Waals surface area contributed by atoms with Crippen molar-refractivity contribution in [2.75, 3.05) is 7.11 Å². The smallest absolute Gasteiger partial charge is 0.340 e. The minimum absolute atomic E-state index is 0.160. The van der Waals surface area contributed by atoms with Crippen LogP contribution in [0.1, 0.15) is 31.2 Å². The standard InChI is InChI=1S/C13H16O3.CH4O/c14-12(15)13(16,11-8-4-5-9-11)10-6-2-1-3-7-10;1-2/h1-3,6-7,11,16H,4-5,8-9H2,(H,14,15);2H,1H3. The van der Waals surface area contributed by atoms with Crippen LogP contribution < -0.4 is 0 Å². The summed E-state index contributed by atoms with van der Waals surface area (Å²) in [6, 6.07) is 8.72. The highest BCUT2D eigenvalue weighted by molar-refractivity contribution is 5.79. The summed E-state index contributed by atoms with van der Waals surface area (Å²) in [5.74, 6) is -1.29. The SMILES string of the molecule is CO.O=C(O)C(O)(c1ccccc1)C1CCCC1. The van der Waals surface area contributed by atoms with Crippen molar-refractivity contribution in [3.63, 3.8) is 0 Å². The van der Waals surface area contributed by atoms with Gasteiger partial charge in [-0.05, 0) is 18.4 Å². The van der Waals surface area contributed by atoms with E-state index in [1.54, 1.807) is 24.3 Å². The Morgan fingerprint density at radius 3 is 2.11 bits per heavy atom. The number of hydrogen-bond acceptors (Lipinski definition) is 3. The second kappa shape index (κ2) is 6.52. The lowest BCUT2D eigenvalue weighted by Gasteiger charge is -2.30. The minimum Gasteiger partial charge on any atom is -0.479 e. The first-order chi connectivity index (χ1) is 8.65. The maximum atomic E-state index is 11.4. The molecule has 100 valence electrons. The number of carboxylic acids is 1. The van der Waals surface area contributed by atoms with Crippen LogP contribution in [0.4, 0.5) is 0 Å². The Morgan fingerprint density at radius 1 is 1.17 bits per heavy atom. The van der Waals surface area contributed by atoms with Crippen molar-refractivity contribution >= 4 is 5.97 Å². The Labute approximate surface area is 107 Å². The molecule has 1 aromatic carbocycles. The highest BCUT2D eigenvalue weighted by Crippen LogP contribution is 2.40. The molecule has 1 aliphatic carbocycles. The number of aliphatic hydroxyl groups excluding tert-OH is 1. The van der Waals surface area contributed by atoms with E-state index >= 15 is 0 Å². The molecule has 0 bridgehead atoms. The molecule has 4 nitrogen and oxygen atoms in total. The Morgan fingerprint density at radius 2 is 1.67 bits per heavy atom. The van der Waals surface area contributed by atoms with Crippen molar-refractivity contribution in [1.82, 2.24) is 0 Å². The summed E-state index contributed by atoms with van der Waals surface area (Å²) in [4.78, 5) is 11.4. The molecular weight excluding hydrogens is 232 g/mol. The van der Waals surface area contributed by atoms with Crippen LogP contribution in [0, 0.1) is 5.92 Å². The topological polar surface area (TPSA) is 77.8 Å². The third-order valence-electron chi connectivity index (χ3n) is 3.49. The first kappa shape index (κ1) is 14.7. The van der Waals surface area contributed by atoms with Crippen molar-refractivity contribution in [1.29, 1.82) is 0 Å². The molecule has 18 heavy (non-hydrogen) atoms. The van der Waals surface area contributed by atoms with Gasteiger partial charge in [-0.3, -0.25) is 0 Å².